The molecular weight excluding hydrogens is 388 g/mol. The van der Waals surface area contributed by atoms with Crippen LogP contribution in [0.25, 0.3) is 0 Å². The van der Waals surface area contributed by atoms with E-state index in [9.17, 15) is 0 Å². The molecule has 1 aliphatic carbocycles. The maximum Gasteiger partial charge on any atom is 0.0212 e. The van der Waals surface area contributed by atoms with Gasteiger partial charge < -0.3 is 0 Å². The Morgan fingerprint density at radius 2 is 1.00 bits per heavy atom. The Balaban J connectivity index is 2.68. The van der Waals surface area contributed by atoms with Gasteiger partial charge in [0.2, 0.25) is 0 Å². The molecule has 1 fully saturated rings. The smallest absolute Gasteiger partial charge is 0.0212 e. The van der Waals surface area contributed by atoms with Crippen molar-refractivity contribution in [3.8, 4) is 0 Å². The molecule has 0 bridgehead atoms. The number of rotatable bonds is 7. The maximum absolute atomic E-state index is 2.58. The van der Waals surface area contributed by atoms with Gasteiger partial charge in [0, 0.05) is 9.49 Å². The van der Waals surface area contributed by atoms with Crippen LogP contribution >= 0.6 is 21.6 Å². The van der Waals surface area contributed by atoms with Crippen molar-refractivity contribution in [2.75, 3.05) is 0 Å². The zero-order valence-corrected chi connectivity index (χ0v) is 23.4. The van der Waals surface area contributed by atoms with Crippen molar-refractivity contribution < 1.29 is 0 Å². The Labute approximate surface area is 193 Å². The SMILES string of the molecule is CC1CCCCCC(C(C)(C)CC(C)(C)SSC(C)(C)CC(C)(C)C)CCCC1. The first-order chi connectivity index (χ1) is 13.1. The van der Waals surface area contributed by atoms with Crippen LogP contribution < -0.4 is 0 Å². The first-order valence-corrected chi connectivity index (χ1v) is 14.6. The third-order valence-corrected chi connectivity index (χ3v) is 10.9. The van der Waals surface area contributed by atoms with Crippen LogP contribution in [0.2, 0.25) is 0 Å². The largest absolute Gasteiger partial charge is 0.0873 e. The second kappa shape index (κ2) is 11.5. The fraction of sp³-hybridized carbons (Fsp3) is 1.00. The van der Waals surface area contributed by atoms with E-state index in [-0.39, 0.29) is 0 Å². The molecule has 1 saturated carbocycles. The number of hydrogen-bond acceptors (Lipinski definition) is 2. The molecule has 0 saturated heterocycles. The fourth-order valence-corrected chi connectivity index (χ4v) is 8.90. The van der Waals surface area contributed by atoms with Gasteiger partial charge in [-0.2, -0.15) is 0 Å². The average molecular weight is 443 g/mol. The highest BCUT2D eigenvalue weighted by Gasteiger charge is 2.37. The van der Waals surface area contributed by atoms with Crippen molar-refractivity contribution in [3.05, 3.63) is 0 Å². The molecule has 0 aromatic rings. The van der Waals surface area contributed by atoms with Crippen LogP contribution in [0.5, 0.6) is 0 Å². The molecule has 0 nitrogen and oxygen atoms in total. The lowest BCUT2D eigenvalue weighted by Crippen LogP contribution is -2.32. The summed E-state index contributed by atoms with van der Waals surface area (Å²) in [6.45, 7) is 24.6. The van der Waals surface area contributed by atoms with Crippen molar-refractivity contribution in [1.29, 1.82) is 0 Å². The van der Waals surface area contributed by atoms with E-state index in [1.54, 1.807) is 0 Å². The van der Waals surface area contributed by atoms with E-state index >= 15 is 0 Å². The Bertz CT molecular complexity index is 456. The topological polar surface area (TPSA) is 0 Å². The summed E-state index contributed by atoms with van der Waals surface area (Å²) in [4.78, 5) is 0. The van der Waals surface area contributed by atoms with Crippen molar-refractivity contribution in [3.63, 3.8) is 0 Å². The second-order valence-corrected chi connectivity index (χ2v) is 16.9. The molecule has 2 atom stereocenters. The van der Waals surface area contributed by atoms with Crippen LogP contribution in [0.3, 0.4) is 0 Å². The standard InChI is InChI=1S/C27H54S2/c1-22-16-12-11-13-18-23(19-15-14-17-22)25(5,6)21-27(9,10)29-28-26(7,8)20-24(2,3)4/h22-23H,11-21H2,1-10H3. The molecule has 0 spiro atoms. The fourth-order valence-electron chi connectivity index (χ4n) is 5.82. The summed E-state index contributed by atoms with van der Waals surface area (Å²) in [5, 5.41) is 0. The molecule has 0 aliphatic heterocycles. The molecule has 0 heterocycles. The summed E-state index contributed by atoms with van der Waals surface area (Å²) in [5.41, 5.74) is 0.831. The van der Waals surface area contributed by atoms with Gasteiger partial charge in [-0.05, 0) is 76.0 Å². The molecule has 1 rings (SSSR count). The Hall–Kier alpha value is 0.700. The van der Waals surface area contributed by atoms with Crippen LogP contribution in [0.1, 0.15) is 140 Å². The average Bonchev–Trinajstić information content (AvgIpc) is 2.55. The summed E-state index contributed by atoms with van der Waals surface area (Å²) in [5.74, 6) is 1.84. The molecule has 0 aromatic heterocycles. The zero-order chi connectivity index (χ0) is 22.3. The molecule has 0 aromatic carbocycles. The van der Waals surface area contributed by atoms with Gasteiger partial charge in [-0.25, -0.2) is 0 Å². The molecule has 0 N–H and O–H groups in total. The summed E-state index contributed by atoms with van der Waals surface area (Å²) in [7, 11) is 4.29. The summed E-state index contributed by atoms with van der Waals surface area (Å²) in [6, 6.07) is 0. The minimum Gasteiger partial charge on any atom is -0.0873 e. The first-order valence-electron chi connectivity index (χ1n) is 12.5. The van der Waals surface area contributed by atoms with Gasteiger partial charge in [0.25, 0.3) is 0 Å². The van der Waals surface area contributed by atoms with E-state index in [4.69, 9.17) is 0 Å². The first kappa shape index (κ1) is 27.7. The molecule has 2 unspecified atom stereocenters. The molecular formula is C27H54S2. The van der Waals surface area contributed by atoms with Crippen molar-refractivity contribution >= 4 is 21.6 Å². The van der Waals surface area contributed by atoms with Crippen LogP contribution in [-0.4, -0.2) is 9.49 Å². The predicted molar refractivity (Wildman–Crippen MR) is 140 cm³/mol. The monoisotopic (exact) mass is 442 g/mol. The van der Waals surface area contributed by atoms with Gasteiger partial charge >= 0.3 is 0 Å². The quantitative estimate of drug-likeness (QED) is 0.359. The van der Waals surface area contributed by atoms with Gasteiger partial charge in [0.15, 0.2) is 0 Å². The summed E-state index contributed by atoms with van der Waals surface area (Å²) in [6.07, 6.45) is 15.6. The highest BCUT2D eigenvalue weighted by Crippen LogP contribution is 2.52. The minimum absolute atomic E-state index is 0.323. The highest BCUT2D eigenvalue weighted by atomic mass is 33.1. The van der Waals surface area contributed by atoms with E-state index in [1.165, 1.54) is 70.6 Å². The molecule has 174 valence electrons. The molecule has 2 heteroatoms. The van der Waals surface area contributed by atoms with Gasteiger partial charge in [-0.15, -0.1) is 0 Å². The van der Waals surface area contributed by atoms with Gasteiger partial charge in [-0.1, -0.05) is 108 Å². The molecule has 1 aliphatic rings. The van der Waals surface area contributed by atoms with E-state index < -0.39 is 0 Å². The lowest BCUT2D eigenvalue weighted by molar-refractivity contribution is 0.152. The maximum atomic E-state index is 2.58. The van der Waals surface area contributed by atoms with Gasteiger partial charge in [0.1, 0.15) is 0 Å². The zero-order valence-electron chi connectivity index (χ0n) is 21.7. The minimum atomic E-state index is 0.323. The van der Waals surface area contributed by atoms with Crippen molar-refractivity contribution in [1.82, 2.24) is 0 Å². The third kappa shape index (κ3) is 12.4. The molecule has 29 heavy (non-hydrogen) atoms. The second-order valence-electron chi connectivity index (χ2n) is 13.3. The Morgan fingerprint density at radius 3 is 1.52 bits per heavy atom. The van der Waals surface area contributed by atoms with E-state index in [1.807, 2.05) is 0 Å². The van der Waals surface area contributed by atoms with Crippen LogP contribution in [0.4, 0.5) is 0 Å². The Kier molecular flexibility index (Phi) is 11.0. The molecule has 0 radical (unpaired) electrons. The van der Waals surface area contributed by atoms with Gasteiger partial charge in [0.05, 0.1) is 0 Å². The number of hydrogen-bond donors (Lipinski definition) is 0. The Morgan fingerprint density at radius 1 is 0.586 bits per heavy atom. The van der Waals surface area contributed by atoms with Crippen molar-refractivity contribution in [2.45, 2.75) is 149 Å². The van der Waals surface area contributed by atoms with Crippen molar-refractivity contribution in [2.24, 2.45) is 22.7 Å². The van der Waals surface area contributed by atoms with E-state index in [2.05, 4.69) is 90.8 Å². The summed E-state index contributed by atoms with van der Waals surface area (Å²) < 4.78 is 0.652. The van der Waals surface area contributed by atoms with Crippen LogP contribution in [0.15, 0.2) is 0 Å². The third-order valence-electron chi connectivity index (χ3n) is 6.68. The van der Waals surface area contributed by atoms with E-state index in [0.29, 0.717) is 20.3 Å². The predicted octanol–water partition coefficient (Wildman–Crippen LogP) is 10.6. The molecule has 0 amide bonds. The van der Waals surface area contributed by atoms with Crippen LogP contribution in [-0.2, 0) is 0 Å². The van der Waals surface area contributed by atoms with E-state index in [0.717, 1.165) is 11.8 Å². The highest BCUT2D eigenvalue weighted by molar-refractivity contribution is 8.77. The van der Waals surface area contributed by atoms with Crippen LogP contribution in [0, 0.1) is 22.7 Å². The normalized spacial score (nSPS) is 24.2. The van der Waals surface area contributed by atoms with Gasteiger partial charge in [-0.3, -0.25) is 0 Å². The lowest BCUT2D eigenvalue weighted by Gasteiger charge is -2.42. The summed E-state index contributed by atoms with van der Waals surface area (Å²) >= 11 is 0. The lowest BCUT2D eigenvalue weighted by atomic mass is 9.69.